The molecule has 2 unspecified atom stereocenters. The maximum absolute atomic E-state index is 14.2. The summed E-state index contributed by atoms with van der Waals surface area (Å²) in [6.07, 6.45) is 0.302. The third-order valence-corrected chi connectivity index (χ3v) is 9.99. The number of nitrogens with zero attached hydrogens (tertiary/aromatic N) is 3. The van der Waals surface area contributed by atoms with Gasteiger partial charge in [0.2, 0.25) is 5.78 Å². The third kappa shape index (κ3) is 3.70. The van der Waals surface area contributed by atoms with Crippen molar-refractivity contribution in [2.75, 3.05) is 46.2 Å². The average molecular weight is 568 g/mol. The molecular weight excluding hydrogens is 530 g/mol. The number of hydrogen-bond acceptors (Lipinski definition) is 11. The number of likely N-dealkylation sites (tertiary alicyclic amines) is 1. The number of amides is 1. The highest BCUT2D eigenvalue weighted by Gasteiger charge is 2.63. The Morgan fingerprint density at radius 3 is 2.32 bits per heavy atom. The van der Waals surface area contributed by atoms with E-state index in [1.165, 1.54) is 4.90 Å². The van der Waals surface area contributed by atoms with Gasteiger partial charge in [0.15, 0.2) is 11.4 Å². The Bertz CT molecular complexity index is 1450. The fourth-order valence-electron chi connectivity index (χ4n) is 7.90. The van der Waals surface area contributed by atoms with E-state index in [0.717, 1.165) is 18.8 Å². The van der Waals surface area contributed by atoms with Gasteiger partial charge in [0.05, 0.1) is 11.6 Å². The molecule has 0 spiro atoms. The molecule has 1 aromatic carbocycles. The highest BCUT2D eigenvalue weighted by molar-refractivity contribution is 6.25. The molecule has 6 atom stereocenters. The Morgan fingerprint density at radius 1 is 1.12 bits per heavy atom. The van der Waals surface area contributed by atoms with E-state index in [-0.39, 0.29) is 35.8 Å². The maximum atomic E-state index is 14.2. The summed E-state index contributed by atoms with van der Waals surface area (Å²) in [6, 6.07) is 1.08. The van der Waals surface area contributed by atoms with Crippen LogP contribution in [0.1, 0.15) is 27.9 Å². The number of aliphatic hydroxyl groups excluding tert-OH is 2. The van der Waals surface area contributed by atoms with Gasteiger partial charge in [0.1, 0.15) is 22.8 Å². The van der Waals surface area contributed by atoms with Crippen LogP contribution in [0.15, 0.2) is 28.7 Å². The molecular formula is C29H37N5O7. The molecule has 0 radical (unpaired) electrons. The molecule has 1 saturated carbocycles. The normalized spacial score (nSPS) is 34.4. The van der Waals surface area contributed by atoms with E-state index >= 15 is 0 Å². The molecule has 1 heterocycles. The zero-order valence-electron chi connectivity index (χ0n) is 23.6. The van der Waals surface area contributed by atoms with Crippen LogP contribution in [-0.2, 0) is 22.6 Å². The second kappa shape index (κ2) is 9.02. The van der Waals surface area contributed by atoms with Crippen molar-refractivity contribution in [3.63, 3.8) is 0 Å². The monoisotopic (exact) mass is 567 g/mol. The number of hydrogen-bond donors (Lipinski definition) is 6. The second-order valence-electron chi connectivity index (χ2n) is 12.7. The number of carbonyl (C=O) groups excluding carboxylic acids is 3. The van der Waals surface area contributed by atoms with E-state index in [2.05, 4.69) is 4.90 Å². The number of anilines is 1. The summed E-state index contributed by atoms with van der Waals surface area (Å²) < 4.78 is 0. The first-order chi connectivity index (χ1) is 19.2. The third-order valence-electron chi connectivity index (χ3n) is 9.99. The summed E-state index contributed by atoms with van der Waals surface area (Å²) >= 11 is 0. The van der Waals surface area contributed by atoms with Crippen LogP contribution >= 0.6 is 0 Å². The number of aliphatic hydroxyl groups is 3. The lowest BCUT2D eigenvalue weighted by Gasteiger charge is -2.50. The lowest BCUT2D eigenvalue weighted by atomic mass is 9.58. The van der Waals surface area contributed by atoms with Gasteiger partial charge in [-0.1, -0.05) is 0 Å². The number of ketones is 2. The van der Waals surface area contributed by atoms with Gasteiger partial charge in [-0.2, -0.15) is 0 Å². The number of fused-ring (bicyclic) bond motifs is 4. The first-order valence-electron chi connectivity index (χ1n) is 13.9. The first-order valence-corrected chi connectivity index (χ1v) is 13.9. The summed E-state index contributed by atoms with van der Waals surface area (Å²) in [6.45, 7) is 2.05. The number of allylic oxidation sites excluding steroid dienone is 1. The number of carbonyl (C=O) groups is 3. The van der Waals surface area contributed by atoms with Gasteiger partial charge in [-0.15, -0.1) is 0 Å². The van der Waals surface area contributed by atoms with Gasteiger partial charge in [0.25, 0.3) is 5.91 Å². The van der Waals surface area contributed by atoms with E-state index < -0.39 is 58.0 Å². The van der Waals surface area contributed by atoms with Crippen LogP contribution in [0.2, 0.25) is 0 Å². The van der Waals surface area contributed by atoms with Gasteiger partial charge >= 0.3 is 0 Å². The molecule has 1 saturated heterocycles. The Balaban J connectivity index is 1.47. The minimum Gasteiger partial charge on any atom is -0.510 e. The van der Waals surface area contributed by atoms with Gasteiger partial charge < -0.3 is 36.8 Å². The van der Waals surface area contributed by atoms with Crippen molar-refractivity contribution in [3.05, 3.63) is 45.4 Å². The molecule has 12 nitrogen and oxygen atoms in total. The SMILES string of the molecule is CN(C)c1cc(CN2CC3C(N)C3C2)c(O)c2c1C[C@H]1C[C@H]3[C@H](N(C)C)C(O)=C(C(N)=O)C(=O)[C@@]3(O)C(O)=C1C2=O. The molecule has 41 heavy (non-hydrogen) atoms. The predicted molar refractivity (Wildman–Crippen MR) is 148 cm³/mol. The number of likely N-dealkylation sites (N-methyl/N-ethyl adjacent to an activating group) is 1. The fourth-order valence-corrected chi connectivity index (χ4v) is 7.90. The van der Waals surface area contributed by atoms with Crippen LogP contribution in [-0.4, -0.2) is 107 Å². The van der Waals surface area contributed by atoms with Crippen molar-refractivity contribution < 1.29 is 34.8 Å². The summed E-state index contributed by atoms with van der Waals surface area (Å²) in [4.78, 5) is 45.4. The molecule has 1 aliphatic heterocycles. The summed E-state index contributed by atoms with van der Waals surface area (Å²) in [5.41, 5.74) is 9.82. The minimum absolute atomic E-state index is 0.0352. The van der Waals surface area contributed by atoms with E-state index in [1.54, 1.807) is 14.1 Å². The van der Waals surface area contributed by atoms with Crippen molar-refractivity contribution in [1.29, 1.82) is 0 Å². The summed E-state index contributed by atoms with van der Waals surface area (Å²) in [7, 11) is 6.91. The zero-order valence-corrected chi connectivity index (χ0v) is 23.6. The minimum atomic E-state index is -2.66. The molecule has 1 amide bonds. The molecule has 5 aliphatic rings. The zero-order chi connectivity index (χ0) is 29.9. The van der Waals surface area contributed by atoms with Crippen LogP contribution in [0.25, 0.3) is 0 Å². The van der Waals surface area contributed by atoms with Gasteiger partial charge in [-0.05, 0) is 56.3 Å². The van der Waals surface area contributed by atoms with Crippen LogP contribution in [0, 0.1) is 23.7 Å². The lowest BCUT2D eigenvalue weighted by Crippen LogP contribution is -2.63. The smallest absolute Gasteiger partial charge is 0.255 e. The quantitative estimate of drug-likeness (QED) is 0.253. The standard InChI is InChI=1S/C29H37N5O7/c1-32(2)17-7-12(8-34-9-14-15(10-34)21(14)30)23(35)19-13(17)5-11-6-16-22(33(3)4)25(37)20(28(31)40)27(39)29(16,41)26(38)18(11)24(19)36/h7,11,14-16,21-22,35,37-38,41H,5-6,8-10,30H2,1-4H3,(H2,31,40)/t11-,14?,15?,16-,21?,22-,29-/m0/s1. The molecule has 220 valence electrons. The van der Waals surface area contributed by atoms with Crippen molar-refractivity contribution in [1.82, 2.24) is 9.80 Å². The molecule has 4 aliphatic carbocycles. The Labute approximate surface area is 237 Å². The van der Waals surface area contributed by atoms with E-state index in [9.17, 15) is 34.8 Å². The molecule has 12 heteroatoms. The fraction of sp³-hybridized carbons (Fsp3) is 0.552. The van der Waals surface area contributed by atoms with Gasteiger partial charge in [-0.3, -0.25) is 24.2 Å². The number of phenols is 1. The van der Waals surface area contributed by atoms with Crippen molar-refractivity contribution in [2.45, 2.75) is 37.1 Å². The maximum Gasteiger partial charge on any atom is 0.255 e. The van der Waals surface area contributed by atoms with Crippen LogP contribution in [0.5, 0.6) is 5.75 Å². The Kier molecular flexibility index (Phi) is 6.10. The van der Waals surface area contributed by atoms with Crippen molar-refractivity contribution in [3.8, 4) is 5.75 Å². The number of piperidine rings is 1. The molecule has 6 rings (SSSR count). The number of rotatable bonds is 5. The molecule has 0 bridgehead atoms. The van der Waals surface area contributed by atoms with E-state index in [1.807, 2.05) is 25.1 Å². The second-order valence-corrected chi connectivity index (χ2v) is 12.7. The van der Waals surface area contributed by atoms with Gasteiger partial charge in [0, 0.05) is 62.5 Å². The molecule has 1 aromatic rings. The number of aromatic hydroxyl groups is 1. The highest BCUT2D eigenvalue weighted by atomic mass is 16.3. The Hall–Kier alpha value is -3.45. The van der Waals surface area contributed by atoms with Crippen molar-refractivity contribution in [2.24, 2.45) is 35.1 Å². The van der Waals surface area contributed by atoms with Crippen LogP contribution < -0.4 is 16.4 Å². The topological polar surface area (TPSA) is 194 Å². The molecule has 8 N–H and O–H groups in total. The first kappa shape index (κ1) is 27.7. The average Bonchev–Trinajstić information content (AvgIpc) is 3.26. The Morgan fingerprint density at radius 2 is 1.76 bits per heavy atom. The molecule has 2 fully saturated rings. The summed E-state index contributed by atoms with van der Waals surface area (Å²) in [5, 5.41) is 45.7. The van der Waals surface area contributed by atoms with Gasteiger partial charge in [-0.25, -0.2) is 0 Å². The largest absolute Gasteiger partial charge is 0.510 e. The summed E-state index contributed by atoms with van der Waals surface area (Å²) in [5.74, 6) is -5.58. The lowest BCUT2D eigenvalue weighted by molar-refractivity contribution is -0.148. The molecule has 0 aromatic heterocycles. The highest BCUT2D eigenvalue weighted by Crippen LogP contribution is 2.53. The number of nitrogens with two attached hydrogens (primary N) is 2. The van der Waals surface area contributed by atoms with Crippen LogP contribution in [0.3, 0.4) is 0 Å². The van der Waals surface area contributed by atoms with Crippen LogP contribution in [0.4, 0.5) is 5.69 Å². The van der Waals surface area contributed by atoms with Crippen molar-refractivity contribution >= 4 is 23.2 Å². The predicted octanol–water partition coefficient (Wildman–Crippen LogP) is -0.424. The number of Topliss-reactive ketones (excluding diaryl/α,β-unsaturated/α-hetero) is 2. The number of benzene rings is 1. The van der Waals surface area contributed by atoms with E-state index in [4.69, 9.17) is 11.5 Å². The van der Waals surface area contributed by atoms with E-state index in [0.29, 0.717) is 29.5 Å². The number of primary amides is 1. The number of phenolic OH excluding ortho intramolecular Hbond substituents is 1.